The summed E-state index contributed by atoms with van der Waals surface area (Å²) in [5, 5.41) is 19.2. The van der Waals surface area contributed by atoms with Crippen molar-refractivity contribution in [3.05, 3.63) is 59.7 Å². The number of esters is 2. The van der Waals surface area contributed by atoms with Crippen molar-refractivity contribution >= 4 is 23.9 Å². The summed E-state index contributed by atoms with van der Waals surface area (Å²) in [6, 6.07) is 11.8. The van der Waals surface area contributed by atoms with E-state index in [1.54, 1.807) is 18.2 Å². The summed E-state index contributed by atoms with van der Waals surface area (Å²) in [5.41, 5.74) is -0.143. The van der Waals surface area contributed by atoms with Crippen molar-refractivity contribution in [3.8, 4) is 11.5 Å². The van der Waals surface area contributed by atoms with Crippen LogP contribution in [0.3, 0.4) is 0 Å². The molecule has 27 heavy (non-hydrogen) atoms. The van der Waals surface area contributed by atoms with E-state index < -0.39 is 23.9 Å². The molecule has 0 aliphatic rings. The van der Waals surface area contributed by atoms with Gasteiger partial charge in [-0.1, -0.05) is 24.3 Å². The summed E-state index contributed by atoms with van der Waals surface area (Å²) in [5.74, 6) is -3.49. The molecule has 136 valence electrons. The van der Waals surface area contributed by atoms with Crippen molar-refractivity contribution in [1.82, 2.24) is 0 Å². The van der Waals surface area contributed by atoms with E-state index in [4.69, 9.17) is 5.11 Å². The van der Waals surface area contributed by atoms with Crippen LogP contribution >= 0.6 is 0 Å². The summed E-state index contributed by atoms with van der Waals surface area (Å²) >= 11 is 0. The SMILES string of the molecule is CC(=O)Oc1ccccc1C(=O)O.CC(=O)Oc1ccccc1C(=O)[O-].[Na+]. The first-order valence-electron chi connectivity index (χ1n) is 7.22. The number of aromatic carboxylic acids is 2. The van der Waals surface area contributed by atoms with E-state index in [2.05, 4.69) is 9.47 Å². The van der Waals surface area contributed by atoms with Gasteiger partial charge in [0.15, 0.2) is 0 Å². The average molecular weight is 382 g/mol. The molecular weight excluding hydrogens is 367 g/mol. The van der Waals surface area contributed by atoms with Crippen LogP contribution in [0.1, 0.15) is 34.6 Å². The van der Waals surface area contributed by atoms with Gasteiger partial charge in [-0.2, -0.15) is 0 Å². The smallest absolute Gasteiger partial charge is 0.545 e. The maximum atomic E-state index is 10.6. The van der Waals surface area contributed by atoms with Gasteiger partial charge in [0.25, 0.3) is 0 Å². The predicted octanol–water partition coefficient (Wildman–Crippen LogP) is -1.71. The predicted molar refractivity (Wildman–Crippen MR) is 86.8 cm³/mol. The Morgan fingerprint density at radius 1 is 0.778 bits per heavy atom. The maximum absolute atomic E-state index is 10.6. The van der Waals surface area contributed by atoms with Gasteiger partial charge >= 0.3 is 47.5 Å². The number of para-hydroxylation sites is 2. The van der Waals surface area contributed by atoms with Crippen molar-refractivity contribution in [3.63, 3.8) is 0 Å². The van der Waals surface area contributed by atoms with Crippen LogP contribution in [0.15, 0.2) is 48.5 Å². The van der Waals surface area contributed by atoms with Gasteiger partial charge in [0.05, 0.1) is 5.97 Å². The Morgan fingerprint density at radius 3 is 1.52 bits per heavy atom. The van der Waals surface area contributed by atoms with Gasteiger partial charge < -0.3 is 24.5 Å². The Bertz CT molecular complexity index is 762. The molecule has 0 aliphatic carbocycles. The monoisotopic (exact) mass is 382 g/mol. The molecule has 0 bridgehead atoms. The van der Waals surface area contributed by atoms with E-state index in [1.807, 2.05) is 0 Å². The van der Waals surface area contributed by atoms with Crippen molar-refractivity contribution in [2.75, 3.05) is 0 Å². The minimum absolute atomic E-state index is 0. The number of hydrogen-bond donors (Lipinski definition) is 1. The maximum Gasteiger partial charge on any atom is 1.00 e. The van der Waals surface area contributed by atoms with E-state index in [-0.39, 0.29) is 52.2 Å². The van der Waals surface area contributed by atoms with Gasteiger partial charge in [-0.25, -0.2) is 4.79 Å². The van der Waals surface area contributed by atoms with Crippen LogP contribution in [0.25, 0.3) is 0 Å². The first-order chi connectivity index (χ1) is 12.2. The minimum Gasteiger partial charge on any atom is -0.545 e. The molecule has 0 saturated heterocycles. The first-order valence-corrected chi connectivity index (χ1v) is 7.22. The summed E-state index contributed by atoms with van der Waals surface area (Å²) in [6.07, 6.45) is 0. The van der Waals surface area contributed by atoms with Gasteiger partial charge in [-0.05, 0) is 24.3 Å². The quantitative estimate of drug-likeness (QED) is 0.376. The third kappa shape index (κ3) is 8.50. The van der Waals surface area contributed by atoms with Gasteiger partial charge in [0.1, 0.15) is 17.1 Å². The molecule has 0 fully saturated rings. The van der Waals surface area contributed by atoms with Gasteiger partial charge in [0, 0.05) is 19.4 Å². The second-order valence-corrected chi connectivity index (χ2v) is 4.77. The molecule has 9 heteroatoms. The fraction of sp³-hybridized carbons (Fsp3) is 0.111. The zero-order valence-electron chi connectivity index (χ0n) is 14.9. The van der Waals surface area contributed by atoms with Crippen LogP contribution in [0, 0.1) is 0 Å². The van der Waals surface area contributed by atoms with Crippen LogP contribution < -0.4 is 44.1 Å². The third-order valence-corrected chi connectivity index (χ3v) is 2.73. The summed E-state index contributed by atoms with van der Waals surface area (Å²) in [4.78, 5) is 42.2. The molecule has 0 atom stereocenters. The van der Waals surface area contributed by atoms with Crippen LogP contribution in [-0.4, -0.2) is 29.0 Å². The van der Waals surface area contributed by atoms with Crippen molar-refractivity contribution in [2.45, 2.75) is 13.8 Å². The van der Waals surface area contributed by atoms with E-state index in [0.29, 0.717) is 0 Å². The fourth-order valence-electron chi connectivity index (χ4n) is 1.77. The van der Waals surface area contributed by atoms with Gasteiger partial charge in [-0.15, -0.1) is 0 Å². The van der Waals surface area contributed by atoms with E-state index in [1.165, 1.54) is 44.2 Å². The fourth-order valence-corrected chi connectivity index (χ4v) is 1.77. The minimum atomic E-state index is -1.36. The molecule has 0 saturated carbocycles. The van der Waals surface area contributed by atoms with E-state index in [0.717, 1.165) is 0 Å². The topological polar surface area (TPSA) is 130 Å². The van der Waals surface area contributed by atoms with Crippen LogP contribution in [0.5, 0.6) is 11.5 Å². The molecular formula is C18H15NaO8. The van der Waals surface area contributed by atoms with Gasteiger partial charge in [-0.3, -0.25) is 9.59 Å². The number of benzene rings is 2. The molecule has 2 aromatic rings. The molecule has 8 nitrogen and oxygen atoms in total. The molecule has 0 aromatic heterocycles. The molecule has 0 amide bonds. The summed E-state index contributed by atoms with van der Waals surface area (Å²) in [6.45, 7) is 2.42. The Kier molecular flexibility index (Phi) is 10.7. The number of carboxylic acids is 2. The molecule has 1 N–H and O–H groups in total. The third-order valence-electron chi connectivity index (χ3n) is 2.73. The molecule has 0 unspecified atom stereocenters. The molecule has 2 aromatic carbocycles. The summed E-state index contributed by atoms with van der Waals surface area (Å²) in [7, 11) is 0. The Hall–Kier alpha value is -2.68. The largest absolute Gasteiger partial charge is 1.00 e. The number of rotatable bonds is 4. The molecule has 2 rings (SSSR count). The molecule has 0 heterocycles. The van der Waals surface area contributed by atoms with Gasteiger partial charge in [0.2, 0.25) is 0 Å². The molecule has 0 aliphatic heterocycles. The molecule has 0 radical (unpaired) electrons. The van der Waals surface area contributed by atoms with E-state index in [9.17, 15) is 24.3 Å². The van der Waals surface area contributed by atoms with Crippen molar-refractivity contribution in [1.29, 1.82) is 0 Å². The van der Waals surface area contributed by atoms with Crippen molar-refractivity contribution < 1.29 is 68.4 Å². The molecule has 0 spiro atoms. The van der Waals surface area contributed by atoms with Crippen LogP contribution in [0.2, 0.25) is 0 Å². The number of carbonyl (C=O) groups excluding carboxylic acids is 3. The Morgan fingerprint density at radius 2 is 1.15 bits per heavy atom. The Balaban J connectivity index is 0.000000483. The van der Waals surface area contributed by atoms with Crippen molar-refractivity contribution in [2.24, 2.45) is 0 Å². The van der Waals surface area contributed by atoms with E-state index >= 15 is 0 Å². The van der Waals surface area contributed by atoms with Crippen LogP contribution in [0.4, 0.5) is 0 Å². The standard InChI is InChI=1S/2C9H8O4.Na/c2*1-6(10)13-8-5-3-2-4-7(8)9(11)12;/h2*2-5H,1H3,(H,11,12);/q;;+1/p-1. The normalized spacial score (nSPS) is 8.96. The number of ether oxygens (including phenoxy) is 2. The summed E-state index contributed by atoms with van der Waals surface area (Å²) < 4.78 is 9.33. The number of carboxylic acid groups (broad SMARTS) is 2. The Labute approximate surface area is 177 Å². The second-order valence-electron chi connectivity index (χ2n) is 4.77. The van der Waals surface area contributed by atoms with Crippen LogP contribution in [-0.2, 0) is 9.59 Å². The second kappa shape index (κ2) is 11.8. The first kappa shape index (κ1) is 24.3. The zero-order valence-corrected chi connectivity index (χ0v) is 16.9. The zero-order chi connectivity index (χ0) is 19.7. The number of hydrogen-bond acceptors (Lipinski definition) is 7. The average Bonchev–Trinajstić information content (AvgIpc) is 2.55. The number of carbonyl (C=O) groups is 4.